The van der Waals surface area contributed by atoms with Gasteiger partial charge in [-0.05, 0) is 30.3 Å². The minimum absolute atomic E-state index is 0.105. The molecule has 0 fully saturated rings. The average molecular weight is 438 g/mol. The number of anilines is 1. The Labute approximate surface area is 167 Å². The Morgan fingerprint density at radius 2 is 1.81 bits per heavy atom. The Balaban J connectivity index is 1.88. The quantitative estimate of drug-likeness (QED) is 0.492. The minimum Gasteiger partial charge on any atom is -0.455 e. The fourth-order valence-corrected chi connectivity index (χ4v) is 3.14. The van der Waals surface area contributed by atoms with Gasteiger partial charge in [0.15, 0.2) is 6.61 Å². The van der Waals surface area contributed by atoms with Crippen LogP contribution in [0.1, 0.15) is 5.56 Å². The smallest absolute Gasteiger partial charge is 0.418 e. The highest BCUT2D eigenvalue weighted by molar-refractivity contribution is 8.00. The van der Waals surface area contributed by atoms with E-state index in [4.69, 9.17) is 27.9 Å². The fraction of sp³-hybridized carbons (Fsp3) is 0.176. The maximum Gasteiger partial charge on any atom is 0.418 e. The van der Waals surface area contributed by atoms with E-state index in [1.54, 1.807) is 24.3 Å². The molecule has 1 N–H and O–H groups in total. The summed E-state index contributed by atoms with van der Waals surface area (Å²) in [6.45, 7) is -0.720. The maximum atomic E-state index is 13.0. The highest BCUT2D eigenvalue weighted by atomic mass is 35.5. The second-order valence-electron chi connectivity index (χ2n) is 5.12. The van der Waals surface area contributed by atoms with E-state index in [0.717, 1.165) is 17.8 Å². The van der Waals surface area contributed by atoms with Crippen molar-refractivity contribution in [1.82, 2.24) is 0 Å². The fourth-order valence-electron chi connectivity index (χ4n) is 1.93. The van der Waals surface area contributed by atoms with Crippen LogP contribution in [-0.4, -0.2) is 24.2 Å². The Kier molecular flexibility index (Phi) is 7.41. The van der Waals surface area contributed by atoms with Crippen molar-refractivity contribution in [1.29, 1.82) is 0 Å². The van der Waals surface area contributed by atoms with E-state index in [0.29, 0.717) is 16.0 Å². The van der Waals surface area contributed by atoms with E-state index in [9.17, 15) is 22.8 Å². The normalized spacial score (nSPS) is 11.1. The molecule has 0 aliphatic rings. The molecule has 1 amide bonds. The summed E-state index contributed by atoms with van der Waals surface area (Å²) in [5, 5.41) is 2.41. The van der Waals surface area contributed by atoms with Gasteiger partial charge in [-0.1, -0.05) is 35.3 Å². The van der Waals surface area contributed by atoms with Crippen LogP contribution < -0.4 is 5.32 Å². The molecule has 0 aliphatic heterocycles. The summed E-state index contributed by atoms with van der Waals surface area (Å²) in [5.74, 6) is -1.72. The molecule has 0 bridgehead atoms. The number of carbonyl (C=O) groups is 2. The summed E-state index contributed by atoms with van der Waals surface area (Å²) in [4.78, 5) is 24.1. The van der Waals surface area contributed by atoms with Crippen molar-refractivity contribution in [2.24, 2.45) is 0 Å². The molecular weight excluding hydrogens is 426 g/mol. The van der Waals surface area contributed by atoms with Crippen LogP contribution in [0.4, 0.5) is 18.9 Å². The lowest BCUT2D eigenvalue weighted by Gasteiger charge is -2.14. The predicted octanol–water partition coefficient (Wildman–Crippen LogP) is 5.29. The summed E-state index contributed by atoms with van der Waals surface area (Å²) < 4.78 is 43.7. The second-order valence-corrected chi connectivity index (χ2v) is 6.98. The van der Waals surface area contributed by atoms with Crippen molar-refractivity contribution in [3.05, 3.63) is 58.1 Å². The summed E-state index contributed by atoms with van der Waals surface area (Å²) in [5.41, 5.74) is -1.57. The highest BCUT2D eigenvalue weighted by Crippen LogP contribution is 2.36. The van der Waals surface area contributed by atoms with Crippen molar-refractivity contribution >= 4 is 52.5 Å². The topological polar surface area (TPSA) is 55.4 Å². The first-order valence-electron chi connectivity index (χ1n) is 7.36. The van der Waals surface area contributed by atoms with Crippen LogP contribution in [0, 0.1) is 0 Å². The second kappa shape index (κ2) is 9.34. The van der Waals surface area contributed by atoms with Gasteiger partial charge in [0.25, 0.3) is 5.91 Å². The first-order chi connectivity index (χ1) is 12.7. The summed E-state index contributed by atoms with van der Waals surface area (Å²) in [7, 11) is 0. The van der Waals surface area contributed by atoms with E-state index in [-0.39, 0.29) is 10.8 Å². The molecule has 4 nitrogen and oxygen atoms in total. The Bertz CT molecular complexity index is 846. The van der Waals surface area contributed by atoms with Gasteiger partial charge in [-0.15, -0.1) is 11.8 Å². The number of nitrogens with one attached hydrogen (secondary N) is 1. The number of thioether (sulfide) groups is 1. The van der Waals surface area contributed by atoms with Crippen molar-refractivity contribution < 1.29 is 27.5 Å². The number of hydrogen-bond donors (Lipinski definition) is 1. The molecule has 2 aromatic rings. The van der Waals surface area contributed by atoms with Crippen LogP contribution in [0.25, 0.3) is 0 Å². The number of carbonyl (C=O) groups excluding carboxylic acids is 2. The zero-order valence-electron chi connectivity index (χ0n) is 13.5. The lowest BCUT2D eigenvalue weighted by molar-refractivity contribution is -0.144. The van der Waals surface area contributed by atoms with Gasteiger partial charge in [-0.2, -0.15) is 13.2 Å². The number of esters is 1. The van der Waals surface area contributed by atoms with Gasteiger partial charge in [0.05, 0.1) is 22.0 Å². The van der Waals surface area contributed by atoms with Crippen LogP contribution in [0.2, 0.25) is 10.0 Å². The zero-order valence-corrected chi connectivity index (χ0v) is 15.8. The number of amides is 1. The van der Waals surface area contributed by atoms with Gasteiger partial charge in [-0.25, -0.2) is 0 Å². The monoisotopic (exact) mass is 437 g/mol. The molecule has 10 heteroatoms. The summed E-state index contributed by atoms with van der Waals surface area (Å²) >= 11 is 12.6. The molecule has 27 heavy (non-hydrogen) atoms. The van der Waals surface area contributed by atoms with E-state index in [1.807, 2.05) is 0 Å². The molecule has 0 saturated carbocycles. The van der Waals surface area contributed by atoms with Gasteiger partial charge >= 0.3 is 12.1 Å². The van der Waals surface area contributed by atoms with Crippen LogP contribution in [0.15, 0.2) is 47.4 Å². The summed E-state index contributed by atoms with van der Waals surface area (Å²) in [6, 6.07) is 9.79. The molecule has 2 aromatic carbocycles. The van der Waals surface area contributed by atoms with Crippen LogP contribution in [0.5, 0.6) is 0 Å². The largest absolute Gasteiger partial charge is 0.455 e. The molecular formula is C17H12Cl2F3NO3S. The van der Waals surface area contributed by atoms with Crippen LogP contribution >= 0.6 is 35.0 Å². The Hall–Kier alpha value is -1.90. The molecule has 144 valence electrons. The molecule has 0 heterocycles. The average Bonchev–Trinajstić information content (AvgIpc) is 2.60. The van der Waals surface area contributed by atoms with E-state index >= 15 is 0 Å². The SMILES string of the molecule is O=C(COC(=O)CSc1ccccc1Cl)Nc1ccc(Cl)cc1C(F)(F)F. The number of alkyl halides is 3. The lowest BCUT2D eigenvalue weighted by Crippen LogP contribution is -2.23. The first kappa shape index (κ1) is 21.4. The van der Waals surface area contributed by atoms with Gasteiger partial charge < -0.3 is 10.1 Å². The number of rotatable bonds is 6. The molecule has 0 saturated heterocycles. The number of benzene rings is 2. The van der Waals surface area contributed by atoms with E-state index in [1.165, 1.54) is 6.07 Å². The standard InChI is InChI=1S/C17H12Cl2F3NO3S/c18-10-5-6-13(11(7-10)17(20,21)22)23-15(24)8-26-16(25)9-27-14-4-2-1-3-12(14)19/h1-7H,8-9H2,(H,23,24). The third kappa shape index (κ3) is 6.64. The van der Waals surface area contributed by atoms with Crippen molar-refractivity contribution in [2.75, 3.05) is 17.7 Å². The van der Waals surface area contributed by atoms with Crippen molar-refractivity contribution in [2.45, 2.75) is 11.1 Å². The Morgan fingerprint density at radius 1 is 1.11 bits per heavy atom. The number of ether oxygens (including phenoxy) is 1. The molecule has 0 unspecified atom stereocenters. The van der Waals surface area contributed by atoms with E-state index < -0.39 is 35.9 Å². The molecule has 0 aromatic heterocycles. The van der Waals surface area contributed by atoms with Gasteiger partial charge in [0.1, 0.15) is 0 Å². The predicted molar refractivity (Wildman–Crippen MR) is 98.2 cm³/mol. The third-order valence-electron chi connectivity index (χ3n) is 3.11. The number of halogens is 5. The zero-order chi connectivity index (χ0) is 20.0. The van der Waals surface area contributed by atoms with Crippen molar-refractivity contribution in [3.8, 4) is 0 Å². The molecule has 0 spiro atoms. The first-order valence-corrected chi connectivity index (χ1v) is 9.10. The lowest BCUT2D eigenvalue weighted by atomic mass is 10.1. The van der Waals surface area contributed by atoms with Crippen LogP contribution in [0.3, 0.4) is 0 Å². The van der Waals surface area contributed by atoms with Crippen molar-refractivity contribution in [3.63, 3.8) is 0 Å². The van der Waals surface area contributed by atoms with Gasteiger partial charge in [0.2, 0.25) is 0 Å². The maximum absolute atomic E-state index is 13.0. The third-order valence-corrected chi connectivity index (χ3v) is 4.83. The minimum atomic E-state index is -4.70. The molecule has 2 rings (SSSR count). The number of hydrogen-bond acceptors (Lipinski definition) is 4. The van der Waals surface area contributed by atoms with Gasteiger partial charge in [-0.3, -0.25) is 9.59 Å². The van der Waals surface area contributed by atoms with Gasteiger partial charge in [0, 0.05) is 9.92 Å². The molecule has 0 radical (unpaired) electrons. The molecule has 0 atom stereocenters. The summed E-state index contributed by atoms with van der Waals surface area (Å²) in [6.07, 6.45) is -4.70. The molecule has 0 aliphatic carbocycles. The Morgan fingerprint density at radius 3 is 2.48 bits per heavy atom. The van der Waals surface area contributed by atoms with E-state index in [2.05, 4.69) is 5.32 Å². The van der Waals surface area contributed by atoms with Crippen LogP contribution in [-0.2, 0) is 20.5 Å². The highest BCUT2D eigenvalue weighted by Gasteiger charge is 2.34.